The average Bonchev–Trinajstić information content (AvgIpc) is 2.53. The Morgan fingerprint density at radius 1 is 1.22 bits per heavy atom. The van der Waals surface area contributed by atoms with Crippen molar-refractivity contribution >= 4 is 27.6 Å². The van der Waals surface area contributed by atoms with E-state index in [1.54, 1.807) is 13.0 Å². The van der Waals surface area contributed by atoms with E-state index in [0.29, 0.717) is 11.6 Å². The van der Waals surface area contributed by atoms with Crippen LogP contribution in [0.4, 0.5) is 13.2 Å². The van der Waals surface area contributed by atoms with Crippen LogP contribution in [0.1, 0.15) is 24.5 Å². The summed E-state index contributed by atoms with van der Waals surface area (Å²) < 4.78 is 67.4. The first-order valence-electron chi connectivity index (χ1n) is 6.57. The monoisotopic (exact) mass is 341 g/mol. The Morgan fingerprint density at radius 3 is 2.57 bits per heavy atom. The summed E-state index contributed by atoms with van der Waals surface area (Å²) in [7, 11) is -4.57. The predicted molar refractivity (Wildman–Crippen MR) is 77.4 cm³/mol. The lowest BCUT2D eigenvalue weighted by Crippen LogP contribution is -2.16. The highest BCUT2D eigenvalue weighted by molar-refractivity contribution is 7.90. The summed E-state index contributed by atoms with van der Waals surface area (Å²) in [5.41, 5.74) is -0.712. The Hall–Kier alpha value is -2.22. The lowest BCUT2D eigenvalue weighted by Gasteiger charge is -2.18. The van der Waals surface area contributed by atoms with E-state index >= 15 is 0 Å². The molecule has 1 aliphatic heterocycles. The first kappa shape index (κ1) is 15.7. The van der Waals surface area contributed by atoms with Crippen LogP contribution in [0.25, 0.3) is 5.57 Å². The van der Waals surface area contributed by atoms with Crippen LogP contribution in [-0.4, -0.2) is 20.4 Å². The van der Waals surface area contributed by atoms with Crippen LogP contribution in [-0.2, 0) is 21.0 Å². The standard InChI is InChI=1S/C15H10F3NO3S/c1-8-5-9-7-19-23(21,22)14-10(13(9)12(20)6-8)3-2-4-11(14)15(16,17)18/h2-5,7H,6H2,1H3. The van der Waals surface area contributed by atoms with Gasteiger partial charge in [-0.3, -0.25) is 4.79 Å². The minimum absolute atomic E-state index is 0.0302. The van der Waals surface area contributed by atoms with Crippen LogP contribution in [0, 0.1) is 0 Å². The molecule has 23 heavy (non-hydrogen) atoms. The number of hydrogen-bond acceptors (Lipinski definition) is 3. The maximum atomic E-state index is 13.2. The maximum absolute atomic E-state index is 13.2. The molecule has 1 heterocycles. The van der Waals surface area contributed by atoms with Crippen molar-refractivity contribution in [3.63, 3.8) is 0 Å². The van der Waals surface area contributed by atoms with E-state index in [9.17, 15) is 26.4 Å². The van der Waals surface area contributed by atoms with Gasteiger partial charge in [0.1, 0.15) is 4.90 Å². The van der Waals surface area contributed by atoms with Gasteiger partial charge in [-0.05, 0) is 13.0 Å². The average molecular weight is 341 g/mol. The van der Waals surface area contributed by atoms with Gasteiger partial charge in [-0.2, -0.15) is 26.0 Å². The number of ketones is 1. The Morgan fingerprint density at radius 2 is 1.91 bits per heavy atom. The van der Waals surface area contributed by atoms with Crippen LogP contribution >= 0.6 is 0 Å². The van der Waals surface area contributed by atoms with E-state index in [-0.39, 0.29) is 23.1 Å². The molecule has 0 bridgehead atoms. The van der Waals surface area contributed by atoms with Gasteiger partial charge in [-0.1, -0.05) is 23.8 Å². The molecular weight excluding hydrogens is 331 g/mol. The van der Waals surface area contributed by atoms with E-state index < -0.39 is 32.4 Å². The van der Waals surface area contributed by atoms with Crippen molar-refractivity contribution in [1.82, 2.24) is 0 Å². The van der Waals surface area contributed by atoms with Gasteiger partial charge in [-0.25, -0.2) is 0 Å². The number of hydrogen-bond donors (Lipinski definition) is 0. The third-order valence-corrected chi connectivity index (χ3v) is 4.93. The fourth-order valence-corrected chi connectivity index (χ4v) is 3.98. The second-order valence-corrected chi connectivity index (χ2v) is 6.88. The highest BCUT2D eigenvalue weighted by Gasteiger charge is 2.41. The zero-order chi connectivity index (χ0) is 17.0. The lowest BCUT2D eigenvalue weighted by molar-refractivity contribution is -0.140. The Kier molecular flexibility index (Phi) is 3.33. The van der Waals surface area contributed by atoms with Crippen molar-refractivity contribution < 1.29 is 26.4 Å². The van der Waals surface area contributed by atoms with Gasteiger partial charge < -0.3 is 0 Å². The molecule has 0 atom stereocenters. The largest absolute Gasteiger partial charge is 0.417 e. The van der Waals surface area contributed by atoms with E-state index in [2.05, 4.69) is 4.40 Å². The van der Waals surface area contributed by atoms with Crippen LogP contribution in [0.3, 0.4) is 0 Å². The van der Waals surface area contributed by atoms with E-state index in [0.717, 1.165) is 12.3 Å². The number of rotatable bonds is 0. The SMILES string of the molecule is CC1=CC2=C(C(=O)C1)c1cccc(C(F)(F)F)c1S(=O)(=O)N=C2. The molecule has 0 aromatic heterocycles. The van der Waals surface area contributed by atoms with Crippen molar-refractivity contribution in [3.8, 4) is 0 Å². The molecule has 0 saturated carbocycles. The summed E-state index contributed by atoms with van der Waals surface area (Å²) in [6, 6.07) is 2.97. The Labute approximate surface area is 130 Å². The molecule has 0 unspecified atom stereocenters. The molecule has 1 aromatic carbocycles. The zero-order valence-electron chi connectivity index (χ0n) is 11.8. The molecule has 0 saturated heterocycles. The van der Waals surface area contributed by atoms with Gasteiger partial charge in [0.25, 0.3) is 10.0 Å². The first-order valence-corrected chi connectivity index (χ1v) is 8.01. The van der Waals surface area contributed by atoms with Crippen LogP contribution in [0.2, 0.25) is 0 Å². The third-order valence-electron chi connectivity index (χ3n) is 3.59. The minimum Gasteiger partial charge on any atom is -0.294 e. The molecule has 4 nitrogen and oxygen atoms in total. The smallest absolute Gasteiger partial charge is 0.294 e. The quantitative estimate of drug-likeness (QED) is 0.728. The lowest BCUT2D eigenvalue weighted by atomic mass is 9.87. The van der Waals surface area contributed by atoms with Gasteiger partial charge in [0.05, 0.1) is 5.56 Å². The van der Waals surface area contributed by atoms with E-state index in [1.807, 2.05) is 0 Å². The summed E-state index contributed by atoms with van der Waals surface area (Å²) in [4.78, 5) is 11.3. The molecule has 0 fully saturated rings. The Bertz CT molecular complexity index is 922. The fourth-order valence-electron chi connectivity index (χ4n) is 2.71. The Balaban J connectivity index is 2.46. The number of sulfonamides is 1. The summed E-state index contributed by atoms with van der Waals surface area (Å²) in [6.07, 6.45) is -2.35. The van der Waals surface area contributed by atoms with Crippen molar-refractivity contribution in [1.29, 1.82) is 0 Å². The number of nitrogens with zero attached hydrogens (tertiary/aromatic N) is 1. The highest BCUT2D eigenvalue weighted by atomic mass is 32.2. The van der Waals surface area contributed by atoms with Crippen molar-refractivity contribution in [2.45, 2.75) is 24.4 Å². The second-order valence-electron chi connectivity index (χ2n) is 5.31. The van der Waals surface area contributed by atoms with Crippen molar-refractivity contribution in [2.75, 3.05) is 0 Å². The number of halogens is 3. The second kappa shape index (κ2) is 4.89. The molecule has 0 spiro atoms. The van der Waals surface area contributed by atoms with Gasteiger partial charge in [0.15, 0.2) is 5.78 Å². The maximum Gasteiger partial charge on any atom is 0.417 e. The molecule has 120 valence electrons. The summed E-state index contributed by atoms with van der Waals surface area (Å²) in [5.74, 6) is -0.427. The summed E-state index contributed by atoms with van der Waals surface area (Å²) >= 11 is 0. The highest BCUT2D eigenvalue weighted by Crippen LogP contribution is 2.41. The fraction of sp³-hybridized carbons (Fsp3) is 0.200. The number of carbonyl (C=O) groups is 1. The van der Waals surface area contributed by atoms with Gasteiger partial charge in [-0.15, -0.1) is 0 Å². The third kappa shape index (κ3) is 2.52. The summed E-state index contributed by atoms with van der Waals surface area (Å²) in [6.45, 7) is 1.68. The molecule has 1 aliphatic carbocycles. The van der Waals surface area contributed by atoms with Crippen molar-refractivity contribution in [3.05, 3.63) is 46.5 Å². The molecule has 1 aromatic rings. The minimum atomic E-state index is -4.87. The molecule has 2 aliphatic rings. The molecule has 0 N–H and O–H groups in total. The first-order chi connectivity index (χ1) is 10.6. The van der Waals surface area contributed by atoms with Gasteiger partial charge >= 0.3 is 6.18 Å². The number of Topliss-reactive ketones (excluding diaryl/α,β-unsaturated/α-hetero) is 1. The number of fused-ring (bicyclic) bond motifs is 2. The summed E-state index contributed by atoms with van der Waals surface area (Å²) in [5, 5.41) is 0. The number of allylic oxidation sites excluding steroid dienone is 4. The van der Waals surface area contributed by atoms with Crippen molar-refractivity contribution in [2.24, 2.45) is 4.40 Å². The van der Waals surface area contributed by atoms with Crippen LogP contribution in [0.15, 0.2) is 44.7 Å². The van der Waals surface area contributed by atoms with Gasteiger partial charge in [0.2, 0.25) is 0 Å². The van der Waals surface area contributed by atoms with Gasteiger partial charge in [0, 0.05) is 29.3 Å². The van der Waals surface area contributed by atoms with E-state index in [1.165, 1.54) is 6.07 Å². The van der Waals surface area contributed by atoms with Crippen LogP contribution < -0.4 is 0 Å². The van der Waals surface area contributed by atoms with E-state index in [4.69, 9.17) is 0 Å². The number of alkyl halides is 3. The zero-order valence-corrected chi connectivity index (χ0v) is 12.6. The van der Waals surface area contributed by atoms with Crippen LogP contribution in [0.5, 0.6) is 0 Å². The normalized spacial score (nSPS) is 19.8. The number of carbonyl (C=O) groups excluding carboxylic acids is 1. The molecule has 0 amide bonds. The molecule has 8 heteroatoms. The molecular formula is C15H10F3NO3S. The molecule has 0 radical (unpaired) electrons. The number of benzene rings is 1. The molecule has 3 rings (SSSR count). The predicted octanol–water partition coefficient (Wildman–Crippen LogP) is 3.15. The topological polar surface area (TPSA) is 63.6 Å².